The van der Waals surface area contributed by atoms with E-state index in [-0.39, 0.29) is 0 Å². The predicted molar refractivity (Wildman–Crippen MR) is 38.3 cm³/mol. The van der Waals surface area contributed by atoms with Crippen LogP contribution in [0.5, 0.6) is 0 Å². The van der Waals surface area contributed by atoms with E-state index in [9.17, 15) is 0 Å². The maximum Gasteiger partial charge on any atom is 0.149 e. The van der Waals surface area contributed by atoms with Crippen molar-refractivity contribution >= 4 is 11.8 Å². The number of anilines is 1. The van der Waals surface area contributed by atoms with Gasteiger partial charge in [0.25, 0.3) is 0 Å². The lowest BCUT2D eigenvalue weighted by Crippen LogP contribution is -1.85. The Hall–Kier alpha value is -1.18. The molecule has 2 heteroatoms. The van der Waals surface area contributed by atoms with Crippen molar-refractivity contribution in [1.82, 2.24) is 0 Å². The molecule has 1 aromatic rings. The van der Waals surface area contributed by atoms with Gasteiger partial charge < -0.3 is 9.73 Å². The van der Waals surface area contributed by atoms with Crippen LogP contribution in [0.4, 0.5) is 5.69 Å². The van der Waals surface area contributed by atoms with Gasteiger partial charge in [-0.2, -0.15) is 0 Å². The van der Waals surface area contributed by atoms with Crippen LogP contribution in [-0.4, -0.2) is 7.05 Å². The van der Waals surface area contributed by atoms with Crippen LogP contribution in [0, 0.1) is 0 Å². The van der Waals surface area contributed by atoms with Gasteiger partial charge in [-0.05, 0) is 6.08 Å². The Bertz CT molecular complexity index is 202. The second-order valence-corrected chi connectivity index (χ2v) is 1.65. The Morgan fingerprint density at radius 2 is 2.56 bits per heavy atom. The van der Waals surface area contributed by atoms with Crippen LogP contribution in [0.25, 0.3) is 6.08 Å². The van der Waals surface area contributed by atoms with Crippen LogP contribution in [0.15, 0.2) is 23.3 Å². The summed E-state index contributed by atoms with van der Waals surface area (Å²) in [5.74, 6) is 0.789. The summed E-state index contributed by atoms with van der Waals surface area (Å²) in [6.07, 6.45) is 3.30. The van der Waals surface area contributed by atoms with Gasteiger partial charge in [0.15, 0.2) is 0 Å². The molecule has 9 heavy (non-hydrogen) atoms. The van der Waals surface area contributed by atoms with Gasteiger partial charge in [-0.3, -0.25) is 0 Å². The number of rotatable bonds is 2. The Morgan fingerprint density at radius 3 is 3.00 bits per heavy atom. The molecule has 1 rings (SSSR count). The van der Waals surface area contributed by atoms with E-state index in [2.05, 4.69) is 11.9 Å². The van der Waals surface area contributed by atoms with Gasteiger partial charge in [-0.1, -0.05) is 6.58 Å². The summed E-state index contributed by atoms with van der Waals surface area (Å²) in [5, 5.41) is 2.96. The van der Waals surface area contributed by atoms with Gasteiger partial charge in [0, 0.05) is 13.1 Å². The lowest BCUT2D eigenvalue weighted by atomic mass is 10.4. The third kappa shape index (κ3) is 0.964. The van der Waals surface area contributed by atoms with Crippen LogP contribution >= 0.6 is 0 Å². The molecule has 0 saturated carbocycles. The molecule has 0 aliphatic rings. The molecule has 0 saturated heterocycles. The second kappa shape index (κ2) is 2.40. The molecule has 1 aromatic heterocycles. The number of hydrogen-bond donors (Lipinski definition) is 1. The normalized spacial score (nSPS) is 9.00. The molecule has 0 bridgehead atoms. The zero-order valence-electron chi connectivity index (χ0n) is 5.35. The van der Waals surface area contributed by atoms with E-state index in [1.807, 2.05) is 13.1 Å². The number of furan rings is 1. The Kier molecular flexibility index (Phi) is 1.58. The summed E-state index contributed by atoms with van der Waals surface area (Å²) >= 11 is 0. The minimum absolute atomic E-state index is 0.789. The fraction of sp³-hybridized carbons (Fsp3) is 0.143. The quantitative estimate of drug-likeness (QED) is 0.650. The minimum atomic E-state index is 0.789. The highest BCUT2D eigenvalue weighted by atomic mass is 16.3. The summed E-state index contributed by atoms with van der Waals surface area (Å²) in [6.45, 7) is 3.58. The summed E-state index contributed by atoms with van der Waals surface area (Å²) < 4.78 is 5.02. The van der Waals surface area contributed by atoms with Crippen molar-refractivity contribution < 1.29 is 4.42 Å². The Balaban J connectivity index is 2.98. The zero-order chi connectivity index (χ0) is 6.69. The van der Waals surface area contributed by atoms with E-state index in [1.165, 1.54) is 0 Å². The van der Waals surface area contributed by atoms with Crippen molar-refractivity contribution in [2.45, 2.75) is 0 Å². The molecule has 0 atom stereocenters. The summed E-state index contributed by atoms with van der Waals surface area (Å²) in [6, 6.07) is 1.86. The van der Waals surface area contributed by atoms with E-state index in [0.29, 0.717) is 0 Å². The van der Waals surface area contributed by atoms with Crippen LogP contribution in [0.2, 0.25) is 0 Å². The first-order valence-electron chi connectivity index (χ1n) is 2.76. The van der Waals surface area contributed by atoms with Crippen molar-refractivity contribution in [3.63, 3.8) is 0 Å². The average Bonchev–Trinajstić information content (AvgIpc) is 2.33. The lowest BCUT2D eigenvalue weighted by molar-refractivity contribution is 0.558. The second-order valence-electron chi connectivity index (χ2n) is 1.65. The molecule has 2 nitrogen and oxygen atoms in total. The molecule has 0 aromatic carbocycles. The standard InChI is InChI=1S/C7H9NO/c1-3-7-6(8-2)4-5-9-7/h3-5,8H,1H2,2H3. The van der Waals surface area contributed by atoms with E-state index in [4.69, 9.17) is 4.42 Å². The molecule has 1 N–H and O–H groups in total. The monoisotopic (exact) mass is 123 g/mol. The van der Waals surface area contributed by atoms with Gasteiger partial charge in [0.2, 0.25) is 0 Å². The molecule has 0 amide bonds. The topological polar surface area (TPSA) is 25.2 Å². The minimum Gasteiger partial charge on any atom is -0.463 e. The first-order chi connectivity index (χ1) is 4.38. The number of nitrogens with one attached hydrogen (secondary N) is 1. The fourth-order valence-electron chi connectivity index (χ4n) is 0.686. The highest BCUT2D eigenvalue weighted by molar-refractivity contribution is 5.60. The number of hydrogen-bond acceptors (Lipinski definition) is 2. The molecular formula is C7H9NO. The first-order valence-corrected chi connectivity index (χ1v) is 2.76. The van der Waals surface area contributed by atoms with Crippen molar-refractivity contribution in [2.24, 2.45) is 0 Å². The smallest absolute Gasteiger partial charge is 0.149 e. The molecule has 48 valence electrons. The molecule has 0 aliphatic carbocycles. The van der Waals surface area contributed by atoms with Crippen molar-refractivity contribution in [3.05, 3.63) is 24.7 Å². The molecule has 0 spiro atoms. The molecule has 0 fully saturated rings. The largest absolute Gasteiger partial charge is 0.463 e. The first kappa shape index (κ1) is 5.95. The summed E-state index contributed by atoms with van der Waals surface area (Å²) in [5.41, 5.74) is 0.977. The van der Waals surface area contributed by atoms with E-state index in [1.54, 1.807) is 12.3 Å². The predicted octanol–water partition coefficient (Wildman–Crippen LogP) is 1.96. The fourth-order valence-corrected chi connectivity index (χ4v) is 0.686. The maximum absolute atomic E-state index is 5.02. The van der Waals surface area contributed by atoms with Gasteiger partial charge in [0.05, 0.1) is 12.0 Å². The van der Waals surface area contributed by atoms with Gasteiger partial charge >= 0.3 is 0 Å². The van der Waals surface area contributed by atoms with Gasteiger partial charge in [-0.15, -0.1) is 0 Å². The van der Waals surface area contributed by atoms with Gasteiger partial charge in [-0.25, -0.2) is 0 Å². The molecular weight excluding hydrogens is 114 g/mol. The Labute approximate surface area is 54.2 Å². The molecule has 0 radical (unpaired) electrons. The highest BCUT2D eigenvalue weighted by Crippen LogP contribution is 2.15. The van der Waals surface area contributed by atoms with Crippen molar-refractivity contribution in [2.75, 3.05) is 12.4 Å². The van der Waals surface area contributed by atoms with Crippen LogP contribution in [0.1, 0.15) is 5.76 Å². The zero-order valence-corrected chi connectivity index (χ0v) is 5.35. The maximum atomic E-state index is 5.02. The van der Waals surface area contributed by atoms with Gasteiger partial charge in [0.1, 0.15) is 5.76 Å². The lowest BCUT2D eigenvalue weighted by Gasteiger charge is -1.92. The summed E-state index contributed by atoms with van der Waals surface area (Å²) in [4.78, 5) is 0. The average molecular weight is 123 g/mol. The van der Waals surface area contributed by atoms with Crippen molar-refractivity contribution in [3.8, 4) is 0 Å². The molecule has 0 unspecified atom stereocenters. The molecule has 1 heterocycles. The highest BCUT2D eigenvalue weighted by Gasteiger charge is 1.96. The summed E-state index contributed by atoms with van der Waals surface area (Å²) in [7, 11) is 1.85. The van der Waals surface area contributed by atoms with Crippen molar-refractivity contribution in [1.29, 1.82) is 0 Å². The Morgan fingerprint density at radius 1 is 1.78 bits per heavy atom. The SMILES string of the molecule is C=Cc1occc1NC. The van der Waals surface area contributed by atoms with E-state index in [0.717, 1.165) is 11.4 Å². The van der Waals surface area contributed by atoms with E-state index >= 15 is 0 Å². The third-order valence-corrected chi connectivity index (χ3v) is 1.15. The van der Waals surface area contributed by atoms with Crippen LogP contribution in [0.3, 0.4) is 0 Å². The van der Waals surface area contributed by atoms with Crippen LogP contribution in [-0.2, 0) is 0 Å². The van der Waals surface area contributed by atoms with E-state index < -0.39 is 0 Å². The molecule has 0 aliphatic heterocycles. The third-order valence-electron chi connectivity index (χ3n) is 1.15. The van der Waals surface area contributed by atoms with Crippen LogP contribution < -0.4 is 5.32 Å².